The Morgan fingerprint density at radius 3 is 2.36 bits per heavy atom. The largest absolute Gasteiger partial charge is 0.435 e. The van der Waals surface area contributed by atoms with Crippen LogP contribution in [0.15, 0.2) is 30.5 Å². The van der Waals surface area contributed by atoms with Crippen LogP contribution < -0.4 is 0 Å². The van der Waals surface area contributed by atoms with Crippen molar-refractivity contribution in [2.24, 2.45) is 0 Å². The van der Waals surface area contributed by atoms with Gasteiger partial charge in [-0.3, -0.25) is 13.9 Å². The Labute approximate surface area is 191 Å². The smallest absolute Gasteiger partial charge is 0.298 e. The van der Waals surface area contributed by atoms with E-state index in [1.165, 1.54) is 0 Å². The van der Waals surface area contributed by atoms with Crippen molar-refractivity contribution in [3.8, 4) is 5.69 Å². The van der Waals surface area contributed by atoms with E-state index in [2.05, 4.69) is 16.9 Å². The van der Waals surface area contributed by atoms with Crippen molar-refractivity contribution >= 4 is 16.9 Å². The third kappa shape index (κ3) is 4.12. The molecule has 3 aromatic heterocycles. The fourth-order valence-electron chi connectivity index (χ4n) is 4.72. The molecule has 0 saturated heterocycles. The van der Waals surface area contributed by atoms with Gasteiger partial charge in [-0.25, -0.2) is 9.97 Å². The number of fused-ring (bicyclic) bond motifs is 3. The predicted molar refractivity (Wildman–Crippen MR) is 125 cm³/mol. The minimum Gasteiger partial charge on any atom is -0.298 e. The molecule has 5 nitrogen and oxygen atoms in total. The van der Waals surface area contributed by atoms with Gasteiger partial charge in [0.15, 0.2) is 11.3 Å². The maximum atomic E-state index is 14.2. The zero-order chi connectivity index (χ0) is 23.9. The topological polar surface area (TPSA) is 38.4 Å². The Balaban J connectivity index is 2.07. The van der Waals surface area contributed by atoms with Gasteiger partial charge in [0.2, 0.25) is 5.78 Å². The number of hydrogen-bond acceptors (Lipinski definition) is 3. The molecule has 0 aliphatic rings. The quantitative estimate of drug-likeness (QED) is 0.330. The van der Waals surface area contributed by atoms with Gasteiger partial charge >= 0.3 is 6.18 Å². The number of alkyl halides is 3. The second-order valence-corrected chi connectivity index (χ2v) is 8.69. The number of imidazole rings is 2. The number of nitrogens with zero attached hydrogens (tertiary/aromatic N) is 5. The molecule has 0 aliphatic heterocycles. The Kier molecular flexibility index (Phi) is 6.22. The molecule has 0 radical (unpaired) electrons. The van der Waals surface area contributed by atoms with E-state index in [0.717, 1.165) is 41.8 Å². The summed E-state index contributed by atoms with van der Waals surface area (Å²) in [7, 11) is 0. The lowest BCUT2D eigenvalue weighted by molar-refractivity contribution is -0.141. The van der Waals surface area contributed by atoms with Crippen LogP contribution in [-0.2, 0) is 12.7 Å². The highest BCUT2D eigenvalue weighted by Gasteiger charge is 2.39. The maximum Gasteiger partial charge on any atom is 0.435 e. The van der Waals surface area contributed by atoms with Gasteiger partial charge in [0.25, 0.3) is 0 Å². The number of hydrogen-bond donors (Lipinski definition) is 0. The zero-order valence-corrected chi connectivity index (χ0v) is 19.8. The molecule has 4 rings (SSSR count). The van der Waals surface area contributed by atoms with Crippen LogP contribution in [0.5, 0.6) is 0 Å². The van der Waals surface area contributed by atoms with Crippen molar-refractivity contribution in [2.45, 2.75) is 60.2 Å². The average molecular weight is 458 g/mol. The third-order valence-corrected chi connectivity index (χ3v) is 6.15. The molecule has 0 amide bonds. The molecule has 0 saturated carbocycles. The standard InChI is InChI=1S/C25H30F3N5/c1-6-8-12-31(7-2)15-20-22(25(26,27)28)30-24-32(20)19-10-9-11-29-23(19)33(24)21-17(4)13-16(3)14-18(21)5/h9-11,13-14H,6-8,12,15H2,1-5H3. The molecular formula is C25H30F3N5. The summed E-state index contributed by atoms with van der Waals surface area (Å²) in [5.74, 6) is 0.243. The molecule has 33 heavy (non-hydrogen) atoms. The first-order valence-electron chi connectivity index (χ1n) is 11.4. The van der Waals surface area contributed by atoms with Crippen LogP contribution in [0.2, 0.25) is 0 Å². The van der Waals surface area contributed by atoms with E-state index < -0.39 is 11.9 Å². The highest BCUT2D eigenvalue weighted by Crippen LogP contribution is 2.37. The van der Waals surface area contributed by atoms with Crippen molar-refractivity contribution in [1.29, 1.82) is 0 Å². The van der Waals surface area contributed by atoms with Crippen LogP contribution in [0.25, 0.3) is 22.6 Å². The SMILES string of the molecule is CCCCN(CC)Cc1c(C(F)(F)F)nc2n(-c3c(C)cc(C)cc3C)c3ncccc3n12. The summed E-state index contributed by atoms with van der Waals surface area (Å²) in [5, 5.41) is 0. The average Bonchev–Trinajstić information content (AvgIpc) is 3.26. The fraction of sp³-hybridized carbons (Fsp3) is 0.440. The highest BCUT2D eigenvalue weighted by atomic mass is 19.4. The first kappa shape index (κ1) is 23.3. The lowest BCUT2D eigenvalue weighted by Gasteiger charge is -2.20. The maximum absolute atomic E-state index is 14.2. The normalized spacial score (nSPS) is 12.5. The van der Waals surface area contributed by atoms with E-state index in [1.807, 2.05) is 50.8 Å². The molecule has 3 heterocycles. The van der Waals surface area contributed by atoms with E-state index in [1.54, 1.807) is 21.2 Å². The molecule has 0 unspecified atom stereocenters. The number of benzene rings is 1. The van der Waals surface area contributed by atoms with Gasteiger partial charge in [-0.15, -0.1) is 0 Å². The van der Waals surface area contributed by atoms with Crippen LogP contribution in [0.1, 0.15) is 54.8 Å². The summed E-state index contributed by atoms with van der Waals surface area (Å²) in [6, 6.07) is 7.64. The van der Waals surface area contributed by atoms with Gasteiger partial charge in [-0.05, 0) is 63.5 Å². The Hall–Kier alpha value is -2.87. The van der Waals surface area contributed by atoms with Crippen molar-refractivity contribution < 1.29 is 13.2 Å². The summed E-state index contributed by atoms with van der Waals surface area (Å²) in [5.41, 5.74) is 4.41. The van der Waals surface area contributed by atoms with Crippen LogP contribution in [0.4, 0.5) is 13.2 Å². The number of rotatable bonds is 7. The van der Waals surface area contributed by atoms with Gasteiger partial charge in [-0.2, -0.15) is 13.2 Å². The zero-order valence-electron chi connectivity index (χ0n) is 19.8. The second-order valence-electron chi connectivity index (χ2n) is 8.69. The van der Waals surface area contributed by atoms with E-state index in [4.69, 9.17) is 0 Å². The molecule has 8 heteroatoms. The van der Waals surface area contributed by atoms with Crippen molar-refractivity contribution in [3.05, 3.63) is 58.5 Å². The molecule has 0 atom stereocenters. The molecule has 176 valence electrons. The van der Waals surface area contributed by atoms with Crippen LogP contribution in [-0.4, -0.2) is 36.9 Å². The molecule has 0 fully saturated rings. The first-order chi connectivity index (χ1) is 15.7. The summed E-state index contributed by atoms with van der Waals surface area (Å²) in [4.78, 5) is 10.8. The van der Waals surface area contributed by atoms with E-state index in [0.29, 0.717) is 17.7 Å². The Morgan fingerprint density at radius 1 is 1.06 bits per heavy atom. The van der Waals surface area contributed by atoms with Gasteiger partial charge in [0, 0.05) is 12.7 Å². The van der Waals surface area contributed by atoms with Gasteiger partial charge in [-0.1, -0.05) is 38.0 Å². The van der Waals surface area contributed by atoms with Crippen molar-refractivity contribution in [3.63, 3.8) is 0 Å². The van der Waals surface area contributed by atoms with Crippen LogP contribution in [0.3, 0.4) is 0 Å². The minimum absolute atomic E-state index is 0.162. The molecule has 0 N–H and O–H groups in total. The highest BCUT2D eigenvalue weighted by molar-refractivity contribution is 5.81. The Bertz CT molecular complexity index is 1280. The van der Waals surface area contributed by atoms with Crippen molar-refractivity contribution in [1.82, 2.24) is 23.8 Å². The van der Waals surface area contributed by atoms with Gasteiger partial charge in [0.1, 0.15) is 0 Å². The fourth-order valence-corrected chi connectivity index (χ4v) is 4.72. The van der Waals surface area contributed by atoms with Crippen molar-refractivity contribution in [2.75, 3.05) is 13.1 Å². The predicted octanol–water partition coefficient (Wildman–Crippen LogP) is 6.24. The molecule has 1 aromatic carbocycles. The summed E-state index contributed by atoms with van der Waals surface area (Å²) < 4.78 is 46.0. The molecule has 4 aromatic rings. The monoisotopic (exact) mass is 457 g/mol. The first-order valence-corrected chi connectivity index (χ1v) is 11.4. The summed E-state index contributed by atoms with van der Waals surface area (Å²) in [6.45, 7) is 11.6. The minimum atomic E-state index is -4.55. The Morgan fingerprint density at radius 2 is 1.76 bits per heavy atom. The summed E-state index contributed by atoms with van der Waals surface area (Å²) in [6.07, 6.45) is -0.967. The van der Waals surface area contributed by atoms with Gasteiger partial charge in [0.05, 0.1) is 16.9 Å². The number of pyridine rings is 1. The molecule has 0 spiro atoms. The molecule has 0 aliphatic carbocycles. The molecular weight excluding hydrogens is 427 g/mol. The number of halogens is 3. The van der Waals surface area contributed by atoms with Crippen LogP contribution in [0, 0.1) is 20.8 Å². The van der Waals surface area contributed by atoms with E-state index in [-0.39, 0.29) is 18.0 Å². The lowest BCUT2D eigenvalue weighted by atomic mass is 10.1. The molecule has 0 bridgehead atoms. The number of unbranched alkanes of at least 4 members (excludes halogenated alkanes) is 1. The second kappa shape index (κ2) is 8.82. The lowest BCUT2D eigenvalue weighted by Crippen LogP contribution is -2.26. The van der Waals surface area contributed by atoms with E-state index >= 15 is 0 Å². The summed E-state index contributed by atoms with van der Waals surface area (Å²) >= 11 is 0. The van der Waals surface area contributed by atoms with E-state index in [9.17, 15) is 13.2 Å². The van der Waals surface area contributed by atoms with Crippen LogP contribution >= 0.6 is 0 Å². The number of aryl methyl sites for hydroxylation is 3. The third-order valence-electron chi connectivity index (χ3n) is 6.15. The number of aromatic nitrogens is 4. The van der Waals surface area contributed by atoms with Gasteiger partial charge < -0.3 is 0 Å².